The molecule has 0 bridgehead atoms. The van der Waals surface area contributed by atoms with Crippen molar-refractivity contribution in [3.8, 4) is 0 Å². The minimum Gasteiger partial charge on any atom is -0.332 e. The Labute approximate surface area is 149 Å². The van der Waals surface area contributed by atoms with Gasteiger partial charge in [0, 0.05) is 11.3 Å². The molecule has 1 atom stereocenters. The second-order valence-electron chi connectivity index (χ2n) is 5.89. The molecule has 0 aliphatic rings. The van der Waals surface area contributed by atoms with Gasteiger partial charge in [-0.3, -0.25) is 10.1 Å². The number of thiocarbonyl (C=S) groups is 1. The van der Waals surface area contributed by atoms with Crippen LogP contribution in [0.2, 0.25) is 0 Å². The summed E-state index contributed by atoms with van der Waals surface area (Å²) in [5.41, 5.74) is 3.97. The van der Waals surface area contributed by atoms with Crippen LogP contribution >= 0.6 is 12.2 Å². The van der Waals surface area contributed by atoms with Crippen LogP contribution in [-0.2, 0) is 6.42 Å². The standard InChI is InChI=1S/C20H24N2OS/c1-4-14(3)16-10-12-18(13-11-16)21-20(24)22-19(23)17-8-6-15(5-2)7-9-17/h6-14H,4-5H2,1-3H3,(H2,21,22,23,24)/t14-/m0/s1. The molecule has 1 amide bonds. The van der Waals surface area contributed by atoms with E-state index in [4.69, 9.17) is 12.2 Å². The Morgan fingerprint density at radius 2 is 1.67 bits per heavy atom. The molecule has 2 rings (SSSR count). The Morgan fingerprint density at radius 1 is 1.04 bits per heavy atom. The van der Waals surface area contributed by atoms with E-state index >= 15 is 0 Å². The summed E-state index contributed by atoms with van der Waals surface area (Å²) < 4.78 is 0. The van der Waals surface area contributed by atoms with Crippen LogP contribution in [0.1, 0.15) is 54.6 Å². The second-order valence-corrected chi connectivity index (χ2v) is 6.30. The maximum atomic E-state index is 12.2. The van der Waals surface area contributed by atoms with E-state index in [9.17, 15) is 4.79 Å². The van der Waals surface area contributed by atoms with Crippen LogP contribution in [-0.4, -0.2) is 11.0 Å². The van der Waals surface area contributed by atoms with Gasteiger partial charge in [0.2, 0.25) is 0 Å². The molecular weight excluding hydrogens is 316 g/mol. The predicted octanol–water partition coefficient (Wildman–Crippen LogP) is 4.89. The van der Waals surface area contributed by atoms with E-state index in [1.54, 1.807) is 0 Å². The summed E-state index contributed by atoms with van der Waals surface area (Å²) in [6.07, 6.45) is 2.06. The van der Waals surface area contributed by atoms with E-state index in [-0.39, 0.29) is 5.91 Å². The largest absolute Gasteiger partial charge is 0.332 e. The number of benzene rings is 2. The number of nitrogens with one attached hydrogen (secondary N) is 2. The molecule has 0 saturated carbocycles. The minimum absolute atomic E-state index is 0.202. The highest BCUT2D eigenvalue weighted by Crippen LogP contribution is 2.20. The zero-order valence-electron chi connectivity index (χ0n) is 14.4. The van der Waals surface area contributed by atoms with Crippen molar-refractivity contribution in [2.24, 2.45) is 0 Å². The van der Waals surface area contributed by atoms with Crippen molar-refractivity contribution < 1.29 is 4.79 Å². The highest BCUT2D eigenvalue weighted by Gasteiger charge is 2.08. The lowest BCUT2D eigenvalue weighted by Gasteiger charge is -2.12. The third kappa shape index (κ3) is 4.90. The quantitative estimate of drug-likeness (QED) is 0.762. The summed E-state index contributed by atoms with van der Waals surface area (Å²) in [4.78, 5) is 12.2. The average molecular weight is 340 g/mol. The van der Waals surface area contributed by atoms with Crippen LogP contribution in [0.5, 0.6) is 0 Å². The Kier molecular flexibility index (Phi) is 6.50. The first-order valence-corrected chi connectivity index (χ1v) is 8.75. The number of carbonyl (C=O) groups excluding carboxylic acids is 1. The fourth-order valence-corrected chi connectivity index (χ4v) is 2.57. The molecule has 0 aliphatic carbocycles. The summed E-state index contributed by atoms with van der Waals surface area (Å²) in [5.74, 6) is 0.336. The monoisotopic (exact) mass is 340 g/mol. The molecule has 0 aliphatic heterocycles. The fraction of sp³-hybridized carbons (Fsp3) is 0.300. The number of aryl methyl sites for hydroxylation is 1. The van der Waals surface area contributed by atoms with Gasteiger partial charge in [0.15, 0.2) is 5.11 Å². The fourth-order valence-electron chi connectivity index (χ4n) is 2.36. The number of hydrogen-bond donors (Lipinski definition) is 2. The molecule has 24 heavy (non-hydrogen) atoms. The van der Waals surface area contributed by atoms with Gasteiger partial charge in [0.1, 0.15) is 0 Å². The van der Waals surface area contributed by atoms with Gasteiger partial charge < -0.3 is 5.32 Å². The zero-order chi connectivity index (χ0) is 17.5. The predicted molar refractivity (Wildman–Crippen MR) is 105 cm³/mol. The molecular formula is C20H24N2OS. The van der Waals surface area contributed by atoms with Gasteiger partial charge in [0.25, 0.3) is 5.91 Å². The van der Waals surface area contributed by atoms with Crippen molar-refractivity contribution in [1.82, 2.24) is 5.32 Å². The highest BCUT2D eigenvalue weighted by molar-refractivity contribution is 7.80. The van der Waals surface area contributed by atoms with Crippen molar-refractivity contribution in [1.29, 1.82) is 0 Å². The van der Waals surface area contributed by atoms with Crippen molar-refractivity contribution in [3.63, 3.8) is 0 Å². The first-order valence-electron chi connectivity index (χ1n) is 8.34. The molecule has 0 fully saturated rings. The maximum Gasteiger partial charge on any atom is 0.257 e. The van der Waals surface area contributed by atoms with Crippen molar-refractivity contribution in [2.45, 2.75) is 39.5 Å². The van der Waals surface area contributed by atoms with Crippen molar-refractivity contribution in [3.05, 3.63) is 65.2 Å². The average Bonchev–Trinajstić information content (AvgIpc) is 2.61. The van der Waals surface area contributed by atoms with E-state index in [0.717, 1.165) is 18.5 Å². The van der Waals surface area contributed by atoms with Crippen LogP contribution in [0.3, 0.4) is 0 Å². The van der Waals surface area contributed by atoms with Gasteiger partial charge in [-0.1, -0.05) is 45.0 Å². The summed E-state index contributed by atoms with van der Waals surface area (Å²) in [5, 5.41) is 6.06. The number of carbonyl (C=O) groups is 1. The summed E-state index contributed by atoms with van der Waals surface area (Å²) in [7, 11) is 0. The van der Waals surface area contributed by atoms with Crippen LogP contribution in [0.15, 0.2) is 48.5 Å². The molecule has 2 aromatic carbocycles. The Morgan fingerprint density at radius 3 is 2.21 bits per heavy atom. The van der Waals surface area contributed by atoms with Crippen LogP contribution in [0.25, 0.3) is 0 Å². The molecule has 2 aromatic rings. The van der Waals surface area contributed by atoms with Crippen molar-refractivity contribution >= 4 is 28.9 Å². The topological polar surface area (TPSA) is 41.1 Å². The Balaban J connectivity index is 1.93. The first kappa shape index (κ1) is 18.1. The molecule has 0 unspecified atom stereocenters. The zero-order valence-corrected chi connectivity index (χ0v) is 15.2. The molecule has 0 radical (unpaired) electrons. The van der Waals surface area contributed by atoms with E-state index in [0.29, 0.717) is 16.6 Å². The SMILES string of the molecule is CCc1ccc(C(=O)NC(=S)Nc2ccc([C@@H](C)CC)cc2)cc1. The lowest BCUT2D eigenvalue weighted by atomic mass is 9.99. The van der Waals surface area contributed by atoms with Gasteiger partial charge in [-0.25, -0.2) is 0 Å². The number of anilines is 1. The van der Waals surface area contributed by atoms with Gasteiger partial charge in [-0.05, 0) is 66.4 Å². The van der Waals surface area contributed by atoms with Crippen LogP contribution in [0, 0.1) is 0 Å². The Bertz CT molecular complexity index is 693. The normalized spacial score (nSPS) is 11.6. The smallest absolute Gasteiger partial charge is 0.257 e. The summed E-state index contributed by atoms with van der Waals surface area (Å²) >= 11 is 5.23. The molecule has 3 nitrogen and oxygen atoms in total. The number of rotatable bonds is 5. The summed E-state index contributed by atoms with van der Waals surface area (Å²) in [6.45, 7) is 6.46. The van der Waals surface area contributed by atoms with Gasteiger partial charge >= 0.3 is 0 Å². The lowest BCUT2D eigenvalue weighted by Crippen LogP contribution is -2.34. The lowest BCUT2D eigenvalue weighted by molar-refractivity contribution is 0.0977. The third-order valence-electron chi connectivity index (χ3n) is 4.20. The highest BCUT2D eigenvalue weighted by atomic mass is 32.1. The van der Waals surface area contributed by atoms with Gasteiger partial charge in [-0.15, -0.1) is 0 Å². The minimum atomic E-state index is -0.202. The maximum absolute atomic E-state index is 12.2. The van der Waals surface area contributed by atoms with E-state index in [1.165, 1.54) is 11.1 Å². The molecule has 0 aromatic heterocycles. The number of amides is 1. The third-order valence-corrected chi connectivity index (χ3v) is 4.41. The molecule has 126 valence electrons. The van der Waals surface area contributed by atoms with Crippen molar-refractivity contribution in [2.75, 3.05) is 5.32 Å². The van der Waals surface area contributed by atoms with Gasteiger partial charge in [-0.2, -0.15) is 0 Å². The molecule has 0 spiro atoms. The van der Waals surface area contributed by atoms with Crippen LogP contribution in [0.4, 0.5) is 5.69 Å². The Hall–Kier alpha value is -2.20. The first-order chi connectivity index (χ1) is 11.5. The molecule has 0 heterocycles. The molecule has 0 saturated heterocycles. The van der Waals surface area contributed by atoms with E-state index in [1.807, 2.05) is 36.4 Å². The van der Waals surface area contributed by atoms with Gasteiger partial charge in [0.05, 0.1) is 0 Å². The van der Waals surface area contributed by atoms with E-state index in [2.05, 4.69) is 43.5 Å². The van der Waals surface area contributed by atoms with Crippen LogP contribution < -0.4 is 10.6 Å². The second kappa shape index (κ2) is 8.60. The number of hydrogen-bond acceptors (Lipinski definition) is 2. The van der Waals surface area contributed by atoms with E-state index < -0.39 is 0 Å². The molecule has 2 N–H and O–H groups in total. The summed E-state index contributed by atoms with van der Waals surface area (Å²) in [6, 6.07) is 15.7. The molecule has 4 heteroatoms.